The quantitative estimate of drug-likeness (QED) is 0.243. The third kappa shape index (κ3) is 2.70. The number of fused-ring (bicyclic) bond motifs is 8. The second-order valence-electron chi connectivity index (χ2n) is 10.6. The summed E-state index contributed by atoms with van der Waals surface area (Å²) in [7, 11) is 0. The van der Waals surface area contributed by atoms with Gasteiger partial charge in [-0.25, -0.2) is 0 Å². The maximum absolute atomic E-state index is 6.32. The van der Waals surface area contributed by atoms with Crippen LogP contribution in [-0.2, 0) is 5.41 Å². The molecule has 176 valence electrons. The summed E-state index contributed by atoms with van der Waals surface area (Å²) in [6.07, 6.45) is 0. The molecule has 0 radical (unpaired) electrons. The molecule has 8 rings (SSSR count). The summed E-state index contributed by atoms with van der Waals surface area (Å²) < 4.78 is 8.79. The summed E-state index contributed by atoms with van der Waals surface area (Å²) in [5, 5.41) is 3.63. The van der Waals surface area contributed by atoms with Crippen LogP contribution in [0.2, 0.25) is 0 Å². The minimum atomic E-state index is -0.0938. The van der Waals surface area contributed by atoms with Gasteiger partial charge in [0.25, 0.3) is 0 Å². The van der Waals surface area contributed by atoms with Crippen LogP contribution in [0.5, 0.6) is 0 Å². The summed E-state index contributed by atoms with van der Waals surface area (Å²) >= 11 is 0. The summed E-state index contributed by atoms with van der Waals surface area (Å²) in [6.45, 7) is 4.70. The Hall–Kier alpha value is -4.56. The molecule has 0 fully saturated rings. The van der Waals surface area contributed by atoms with Crippen LogP contribution in [0, 0.1) is 0 Å². The number of aromatic nitrogens is 1. The van der Waals surface area contributed by atoms with Crippen molar-refractivity contribution in [3.63, 3.8) is 0 Å². The molecular formula is C35H25NO. The number of para-hydroxylation sites is 3. The highest BCUT2D eigenvalue weighted by Crippen LogP contribution is 2.53. The number of furan rings is 1. The van der Waals surface area contributed by atoms with E-state index in [4.69, 9.17) is 4.42 Å². The minimum absolute atomic E-state index is 0.0938. The van der Waals surface area contributed by atoms with Gasteiger partial charge < -0.3 is 8.98 Å². The molecule has 1 aliphatic carbocycles. The molecule has 0 amide bonds. The van der Waals surface area contributed by atoms with Gasteiger partial charge in [0.2, 0.25) is 0 Å². The first-order valence-corrected chi connectivity index (χ1v) is 12.9. The zero-order valence-electron chi connectivity index (χ0n) is 20.8. The van der Waals surface area contributed by atoms with Crippen molar-refractivity contribution >= 4 is 32.8 Å². The summed E-state index contributed by atoms with van der Waals surface area (Å²) in [6, 6.07) is 41.3. The summed E-state index contributed by atoms with van der Waals surface area (Å²) in [4.78, 5) is 0. The van der Waals surface area contributed by atoms with Crippen molar-refractivity contribution in [3.05, 3.63) is 127 Å². The molecule has 0 bridgehead atoms. The van der Waals surface area contributed by atoms with E-state index < -0.39 is 0 Å². The third-order valence-corrected chi connectivity index (χ3v) is 8.18. The zero-order chi connectivity index (χ0) is 24.7. The molecule has 0 saturated heterocycles. The molecule has 1 aliphatic rings. The lowest BCUT2D eigenvalue weighted by Gasteiger charge is -2.24. The molecule has 2 heteroatoms. The Kier molecular flexibility index (Phi) is 4.03. The lowest BCUT2D eigenvalue weighted by atomic mass is 9.85. The minimum Gasteiger partial charge on any atom is -0.455 e. The van der Waals surface area contributed by atoms with Gasteiger partial charge >= 0.3 is 0 Å². The Morgan fingerprint density at radius 3 is 2.14 bits per heavy atom. The molecular weight excluding hydrogens is 450 g/mol. The van der Waals surface area contributed by atoms with Crippen molar-refractivity contribution < 1.29 is 4.42 Å². The van der Waals surface area contributed by atoms with Gasteiger partial charge in [-0.1, -0.05) is 105 Å². The van der Waals surface area contributed by atoms with Crippen LogP contribution in [0.4, 0.5) is 0 Å². The molecule has 0 unspecified atom stereocenters. The van der Waals surface area contributed by atoms with Crippen molar-refractivity contribution in [1.82, 2.24) is 4.57 Å². The number of benzene rings is 5. The van der Waals surface area contributed by atoms with Crippen LogP contribution < -0.4 is 0 Å². The number of hydrogen-bond acceptors (Lipinski definition) is 1. The molecule has 5 aromatic carbocycles. The molecule has 2 aromatic heterocycles. The van der Waals surface area contributed by atoms with Crippen molar-refractivity contribution in [3.8, 4) is 27.9 Å². The fourth-order valence-corrected chi connectivity index (χ4v) is 6.51. The van der Waals surface area contributed by atoms with Gasteiger partial charge in [-0.2, -0.15) is 0 Å². The second-order valence-corrected chi connectivity index (χ2v) is 10.6. The van der Waals surface area contributed by atoms with Gasteiger partial charge in [0.1, 0.15) is 11.2 Å². The smallest absolute Gasteiger partial charge is 0.143 e. The zero-order valence-corrected chi connectivity index (χ0v) is 20.8. The SMILES string of the molecule is CC1(C)c2ccccc2-c2c1n(-c1ccc(-c3cccc4c3oc3ccccc34)cc1)c1ccccc21. The van der Waals surface area contributed by atoms with E-state index in [1.807, 2.05) is 12.1 Å². The molecule has 2 heterocycles. The number of rotatable bonds is 2. The van der Waals surface area contributed by atoms with Crippen LogP contribution in [0.25, 0.3) is 60.8 Å². The van der Waals surface area contributed by atoms with E-state index in [2.05, 4.69) is 122 Å². The van der Waals surface area contributed by atoms with E-state index in [9.17, 15) is 0 Å². The normalized spacial score (nSPS) is 13.9. The van der Waals surface area contributed by atoms with E-state index in [0.717, 1.165) is 33.1 Å². The van der Waals surface area contributed by atoms with Gasteiger partial charge in [-0.15, -0.1) is 0 Å². The van der Waals surface area contributed by atoms with Crippen LogP contribution in [0.1, 0.15) is 25.1 Å². The predicted molar refractivity (Wildman–Crippen MR) is 154 cm³/mol. The lowest BCUT2D eigenvalue weighted by Crippen LogP contribution is -2.19. The molecule has 0 atom stereocenters. The topological polar surface area (TPSA) is 18.1 Å². The molecule has 2 nitrogen and oxygen atoms in total. The molecule has 37 heavy (non-hydrogen) atoms. The fraction of sp³-hybridized carbons (Fsp3) is 0.0857. The number of hydrogen-bond donors (Lipinski definition) is 0. The van der Waals surface area contributed by atoms with E-state index in [0.29, 0.717) is 0 Å². The maximum Gasteiger partial charge on any atom is 0.143 e. The van der Waals surface area contributed by atoms with E-state index in [1.54, 1.807) is 0 Å². The Bertz CT molecular complexity index is 2000. The first kappa shape index (κ1) is 20.6. The average Bonchev–Trinajstić information content (AvgIpc) is 3.56. The Morgan fingerprint density at radius 2 is 1.27 bits per heavy atom. The van der Waals surface area contributed by atoms with Crippen LogP contribution in [0.3, 0.4) is 0 Å². The Morgan fingerprint density at radius 1 is 0.595 bits per heavy atom. The lowest BCUT2D eigenvalue weighted by molar-refractivity contribution is 0.624. The van der Waals surface area contributed by atoms with E-state index >= 15 is 0 Å². The van der Waals surface area contributed by atoms with Gasteiger partial charge in [0.05, 0.1) is 5.52 Å². The van der Waals surface area contributed by atoms with E-state index in [1.165, 1.54) is 39.0 Å². The Balaban J connectivity index is 1.33. The molecule has 0 aliphatic heterocycles. The van der Waals surface area contributed by atoms with Gasteiger partial charge in [0, 0.05) is 44.1 Å². The van der Waals surface area contributed by atoms with Crippen molar-refractivity contribution in [2.75, 3.05) is 0 Å². The van der Waals surface area contributed by atoms with Crippen molar-refractivity contribution in [1.29, 1.82) is 0 Å². The fourth-order valence-electron chi connectivity index (χ4n) is 6.51. The Labute approximate surface area is 215 Å². The predicted octanol–water partition coefficient (Wildman–Crippen LogP) is 9.50. The second kappa shape index (κ2) is 7.24. The summed E-state index contributed by atoms with van der Waals surface area (Å²) in [5.41, 5.74) is 12.0. The van der Waals surface area contributed by atoms with Gasteiger partial charge in [0.15, 0.2) is 0 Å². The first-order valence-electron chi connectivity index (χ1n) is 12.9. The number of nitrogens with zero attached hydrogens (tertiary/aromatic N) is 1. The first-order chi connectivity index (χ1) is 18.1. The van der Waals surface area contributed by atoms with Gasteiger partial charge in [-0.3, -0.25) is 0 Å². The van der Waals surface area contributed by atoms with Crippen molar-refractivity contribution in [2.24, 2.45) is 0 Å². The van der Waals surface area contributed by atoms with Crippen LogP contribution in [0.15, 0.2) is 120 Å². The van der Waals surface area contributed by atoms with Crippen LogP contribution >= 0.6 is 0 Å². The molecule has 0 spiro atoms. The highest BCUT2D eigenvalue weighted by molar-refractivity contribution is 6.09. The highest BCUT2D eigenvalue weighted by Gasteiger charge is 2.40. The third-order valence-electron chi connectivity index (χ3n) is 8.18. The largest absolute Gasteiger partial charge is 0.455 e. The average molecular weight is 476 g/mol. The van der Waals surface area contributed by atoms with Crippen molar-refractivity contribution in [2.45, 2.75) is 19.3 Å². The standard InChI is InChI=1S/C35H25NO/c1-35(2)29-15-6-3-11-27(29)32-28-12-4-7-16-30(28)36(34(32)35)23-20-18-22(19-21-23)24-13-9-14-26-25-10-5-8-17-31(25)37-33(24)26/h3-21H,1-2H3. The molecule has 0 saturated carbocycles. The summed E-state index contributed by atoms with van der Waals surface area (Å²) in [5.74, 6) is 0. The highest BCUT2D eigenvalue weighted by atomic mass is 16.3. The molecule has 0 N–H and O–H groups in total. The van der Waals surface area contributed by atoms with E-state index in [-0.39, 0.29) is 5.41 Å². The monoisotopic (exact) mass is 475 g/mol. The van der Waals surface area contributed by atoms with Crippen LogP contribution in [-0.4, -0.2) is 4.57 Å². The van der Waals surface area contributed by atoms with Gasteiger partial charge in [-0.05, 0) is 41.0 Å². The maximum atomic E-state index is 6.32. The molecule has 7 aromatic rings.